The number of Topliss-reactive ketones (excluding diaryl/α,β-unsaturated/α-hetero) is 1. The van der Waals surface area contributed by atoms with Crippen molar-refractivity contribution in [1.29, 1.82) is 0 Å². The summed E-state index contributed by atoms with van der Waals surface area (Å²) in [6.07, 6.45) is 6.45. The largest absolute Gasteiger partial charge is 0.508 e. The molecule has 2 rings (SSSR count). The van der Waals surface area contributed by atoms with E-state index in [0.717, 1.165) is 55.2 Å². The summed E-state index contributed by atoms with van der Waals surface area (Å²) in [6, 6.07) is 11.3. The molecule has 4 heteroatoms. The number of ether oxygens (including phenoxy) is 1. The van der Waals surface area contributed by atoms with Crippen LogP contribution in [-0.2, 0) is 16.8 Å². The lowest BCUT2D eigenvalue weighted by atomic mass is 9.67. The van der Waals surface area contributed by atoms with Crippen molar-refractivity contribution in [3.05, 3.63) is 58.7 Å². The number of phenols is 2. The third-order valence-corrected chi connectivity index (χ3v) is 6.18. The molecule has 0 aliphatic heterocycles. The Morgan fingerprint density at radius 2 is 1.45 bits per heavy atom. The maximum Gasteiger partial charge on any atom is 0.166 e. The van der Waals surface area contributed by atoms with Crippen LogP contribution < -0.4 is 0 Å². The van der Waals surface area contributed by atoms with E-state index in [4.69, 9.17) is 4.74 Å². The van der Waals surface area contributed by atoms with Crippen LogP contribution in [0.5, 0.6) is 11.5 Å². The van der Waals surface area contributed by atoms with Gasteiger partial charge < -0.3 is 14.9 Å². The zero-order valence-corrected chi connectivity index (χ0v) is 19.5. The molecule has 0 heterocycles. The van der Waals surface area contributed by atoms with E-state index in [1.807, 2.05) is 32.0 Å². The van der Waals surface area contributed by atoms with Crippen molar-refractivity contribution in [2.45, 2.75) is 84.7 Å². The normalized spacial score (nSPS) is 11.6. The topological polar surface area (TPSA) is 66.8 Å². The molecule has 2 N–H and O–H groups in total. The molecule has 0 aliphatic carbocycles. The van der Waals surface area contributed by atoms with Gasteiger partial charge in [-0.25, -0.2) is 0 Å². The van der Waals surface area contributed by atoms with Crippen LogP contribution in [0, 0.1) is 0 Å². The second kappa shape index (κ2) is 11.9. The summed E-state index contributed by atoms with van der Waals surface area (Å²) in [6.45, 7) is 9.08. The molecule has 0 fully saturated rings. The monoisotopic (exact) mass is 426 g/mol. The van der Waals surface area contributed by atoms with Crippen LogP contribution in [-0.4, -0.2) is 22.6 Å². The number of ketones is 1. The number of carbonyl (C=O) groups is 1. The second-order valence-corrected chi connectivity index (χ2v) is 8.28. The Hall–Kier alpha value is -2.33. The van der Waals surface area contributed by atoms with E-state index in [9.17, 15) is 15.0 Å². The molecule has 0 spiro atoms. The lowest BCUT2D eigenvalue weighted by molar-refractivity contribution is 0.0985. The highest BCUT2D eigenvalue weighted by molar-refractivity contribution is 5.98. The van der Waals surface area contributed by atoms with Crippen molar-refractivity contribution in [1.82, 2.24) is 0 Å². The first-order valence-corrected chi connectivity index (χ1v) is 11.7. The van der Waals surface area contributed by atoms with Gasteiger partial charge in [0.15, 0.2) is 5.78 Å². The van der Waals surface area contributed by atoms with Gasteiger partial charge in [-0.2, -0.15) is 0 Å². The third-order valence-electron chi connectivity index (χ3n) is 6.18. The summed E-state index contributed by atoms with van der Waals surface area (Å²) in [5, 5.41) is 20.7. The lowest BCUT2D eigenvalue weighted by Gasteiger charge is -2.36. The number of hydrogen-bond acceptors (Lipinski definition) is 4. The molecule has 2 aromatic rings. The van der Waals surface area contributed by atoms with Gasteiger partial charge >= 0.3 is 0 Å². The lowest BCUT2D eigenvalue weighted by Crippen LogP contribution is -2.28. The van der Waals surface area contributed by atoms with Gasteiger partial charge in [0.1, 0.15) is 11.5 Å². The van der Waals surface area contributed by atoms with Crippen molar-refractivity contribution in [2.24, 2.45) is 0 Å². The van der Waals surface area contributed by atoms with Gasteiger partial charge in [0.25, 0.3) is 0 Å². The van der Waals surface area contributed by atoms with Crippen LogP contribution in [0.25, 0.3) is 0 Å². The number of carbonyl (C=O) groups excluding carboxylic acids is 1. The fourth-order valence-corrected chi connectivity index (χ4v) is 4.28. The quantitative estimate of drug-likeness (QED) is 0.342. The van der Waals surface area contributed by atoms with Gasteiger partial charge in [-0.15, -0.1) is 0 Å². The van der Waals surface area contributed by atoms with E-state index in [2.05, 4.69) is 19.9 Å². The van der Waals surface area contributed by atoms with Gasteiger partial charge in [-0.1, -0.05) is 58.6 Å². The highest BCUT2D eigenvalue weighted by atomic mass is 16.5. The summed E-state index contributed by atoms with van der Waals surface area (Å²) in [7, 11) is 0. The number of benzene rings is 2. The van der Waals surface area contributed by atoms with Crippen LogP contribution >= 0.6 is 0 Å². The van der Waals surface area contributed by atoms with Gasteiger partial charge in [0, 0.05) is 24.0 Å². The molecule has 0 aromatic heterocycles. The standard InChI is InChI=1S/C27H38O4/c1-5-9-15-27(16-10-6-2,21-11-13-25(29)20(17-21)19-31-8-4)22-12-14-26(30)23(18-22)24(28)7-3/h11-14,17-18,29-30H,5-10,15-16,19H2,1-4H3. The van der Waals surface area contributed by atoms with Crippen molar-refractivity contribution in [3.63, 3.8) is 0 Å². The molecule has 0 atom stereocenters. The molecule has 0 saturated heterocycles. The molecule has 4 nitrogen and oxygen atoms in total. The zero-order chi connectivity index (χ0) is 22.9. The predicted molar refractivity (Wildman–Crippen MR) is 126 cm³/mol. The molecule has 0 amide bonds. The molecule has 0 aliphatic rings. The van der Waals surface area contributed by atoms with E-state index < -0.39 is 0 Å². The van der Waals surface area contributed by atoms with Crippen molar-refractivity contribution < 1.29 is 19.7 Å². The van der Waals surface area contributed by atoms with Crippen LogP contribution in [0.4, 0.5) is 0 Å². The minimum absolute atomic E-state index is 0.0400. The molecule has 170 valence electrons. The Kier molecular flexibility index (Phi) is 9.57. The van der Waals surface area contributed by atoms with Crippen LogP contribution in [0.3, 0.4) is 0 Å². The Balaban J connectivity index is 2.70. The second-order valence-electron chi connectivity index (χ2n) is 8.28. The van der Waals surface area contributed by atoms with Crippen LogP contribution in [0.1, 0.15) is 99.7 Å². The summed E-state index contributed by atoms with van der Waals surface area (Å²) in [5.74, 6) is 0.227. The summed E-state index contributed by atoms with van der Waals surface area (Å²) >= 11 is 0. The fraction of sp³-hybridized carbons (Fsp3) is 0.519. The molecule has 31 heavy (non-hydrogen) atoms. The first-order valence-electron chi connectivity index (χ1n) is 11.7. The van der Waals surface area contributed by atoms with Crippen molar-refractivity contribution in [2.75, 3.05) is 6.61 Å². The summed E-state index contributed by atoms with van der Waals surface area (Å²) < 4.78 is 5.58. The van der Waals surface area contributed by atoms with E-state index in [0.29, 0.717) is 25.2 Å². The highest BCUT2D eigenvalue weighted by Crippen LogP contribution is 2.44. The molecule has 0 radical (unpaired) electrons. The summed E-state index contributed by atoms with van der Waals surface area (Å²) in [5.41, 5.74) is 3.06. The average Bonchev–Trinajstić information content (AvgIpc) is 2.79. The average molecular weight is 427 g/mol. The number of rotatable bonds is 13. The van der Waals surface area contributed by atoms with E-state index in [1.54, 1.807) is 12.1 Å². The number of phenolic OH excluding ortho intramolecular Hbond substituents is 2. The summed E-state index contributed by atoms with van der Waals surface area (Å²) in [4.78, 5) is 12.5. The first-order chi connectivity index (χ1) is 14.9. The molecule has 0 unspecified atom stereocenters. The minimum Gasteiger partial charge on any atom is -0.508 e. The van der Waals surface area contributed by atoms with Crippen LogP contribution in [0.2, 0.25) is 0 Å². The first kappa shape index (κ1) is 24.9. The Labute approximate surface area is 187 Å². The zero-order valence-electron chi connectivity index (χ0n) is 19.5. The van der Waals surface area contributed by atoms with E-state index >= 15 is 0 Å². The van der Waals surface area contributed by atoms with Crippen molar-refractivity contribution in [3.8, 4) is 11.5 Å². The molecular weight excluding hydrogens is 388 g/mol. The van der Waals surface area contributed by atoms with E-state index in [-0.39, 0.29) is 22.7 Å². The Morgan fingerprint density at radius 3 is 2.00 bits per heavy atom. The van der Waals surface area contributed by atoms with Gasteiger partial charge in [-0.05, 0) is 55.2 Å². The fourth-order valence-electron chi connectivity index (χ4n) is 4.28. The SMILES string of the molecule is CCCCC(CCCC)(c1ccc(O)c(COCC)c1)c1ccc(O)c(C(=O)CC)c1. The Bertz CT molecular complexity index is 848. The Morgan fingerprint density at radius 1 is 0.871 bits per heavy atom. The third kappa shape index (κ3) is 5.88. The molecule has 2 aromatic carbocycles. The number of unbranched alkanes of at least 4 members (excludes halogenated alkanes) is 2. The number of hydrogen-bond donors (Lipinski definition) is 2. The van der Waals surface area contributed by atoms with Gasteiger partial charge in [0.2, 0.25) is 0 Å². The van der Waals surface area contributed by atoms with Crippen molar-refractivity contribution >= 4 is 5.78 Å². The predicted octanol–water partition coefficient (Wildman–Crippen LogP) is 6.89. The molecular formula is C27H38O4. The smallest absolute Gasteiger partial charge is 0.166 e. The minimum atomic E-state index is -0.294. The maximum absolute atomic E-state index is 12.5. The van der Waals surface area contributed by atoms with E-state index in [1.165, 1.54) is 0 Å². The molecule has 0 saturated carbocycles. The number of aromatic hydroxyl groups is 2. The molecule has 0 bridgehead atoms. The van der Waals surface area contributed by atoms with Gasteiger partial charge in [0.05, 0.1) is 12.2 Å². The highest BCUT2D eigenvalue weighted by Gasteiger charge is 2.34. The van der Waals surface area contributed by atoms with Gasteiger partial charge in [-0.3, -0.25) is 4.79 Å². The maximum atomic E-state index is 12.5. The van der Waals surface area contributed by atoms with Crippen LogP contribution in [0.15, 0.2) is 36.4 Å².